The van der Waals surface area contributed by atoms with Crippen molar-refractivity contribution in [1.82, 2.24) is 15.3 Å². The average Bonchev–Trinajstić information content (AvgIpc) is 2.57. The minimum atomic E-state index is -4.59. The maximum Gasteiger partial charge on any atom is 0.433 e. The van der Waals surface area contributed by atoms with Crippen molar-refractivity contribution in [3.63, 3.8) is 0 Å². The molecule has 0 saturated carbocycles. The quantitative estimate of drug-likeness (QED) is 0.760. The lowest BCUT2D eigenvalue weighted by atomic mass is 10.1. The van der Waals surface area contributed by atoms with E-state index in [1.54, 1.807) is 7.05 Å². The number of hydrogen-bond acceptors (Lipinski definition) is 3. The van der Waals surface area contributed by atoms with E-state index in [4.69, 9.17) is 0 Å². The molecule has 1 unspecified atom stereocenters. The van der Waals surface area contributed by atoms with E-state index in [9.17, 15) is 18.0 Å². The van der Waals surface area contributed by atoms with Gasteiger partial charge in [0.15, 0.2) is 5.69 Å². The maximum atomic E-state index is 12.7. The van der Waals surface area contributed by atoms with E-state index in [0.29, 0.717) is 18.5 Å². The molecule has 0 fully saturated rings. The molecule has 0 saturated heterocycles. The van der Waals surface area contributed by atoms with E-state index < -0.39 is 23.6 Å². The van der Waals surface area contributed by atoms with Crippen molar-refractivity contribution in [2.75, 3.05) is 7.05 Å². The van der Waals surface area contributed by atoms with E-state index in [1.165, 1.54) is 0 Å². The monoisotopic (exact) mass is 233 g/mol. The van der Waals surface area contributed by atoms with Crippen molar-refractivity contribution >= 4 is 0 Å². The first-order valence-electron chi connectivity index (χ1n) is 4.81. The number of aromatic nitrogens is 2. The van der Waals surface area contributed by atoms with E-state index in [1.807, 2.05) is 0 Å². The van der Waals surface area contributed by atoms with Crippen LogP contribution in [0.15, 0.2) is 4.79 Å². The molecule has 1 aliphatic carbocycles. The summed E-state index contributed by atoms with van der Waals surface area (Å²) in [7, 11) is 1.59. The molecule has 0 spiro atoms. The number of nitrogens with zero attached hydrogens (tertiary/aromatic N) is 1. The van der Waals surface area contributed by atoms with E-state index >= 15 is 0 Å². The Hall–Kier alpha value is -1.37. The van der Waals surface area contributed by atoms with Gasteiger partial charge in [-0.1, -0.05) is 0 Å². The third-order valence-electron chi connectivity index (χ3n) is 2.70. The summed E-state index contributed by atoms with van der Waals surface area (Å²) in [5.74, 6) is 0. The molecule has 1 heterocycles. The molecule has 2 N–H and O–H groups in total. The lowest BCUT2D eigenvalue weighted by Gasteiger charge is -2.15. The number of aromatic amines is 1. The molecular weight excluding hydrogens is 223 g/mol. The Labute approximate surface area is 88.9 Å². The highest BCUT2D eigenvalue weighted by atomic mass is 19.4. The third-order valence-corrected chi connectivity index (χ3v) is 2.70. The SMILES string of the molecule is CNC1CCc2[nH]c(=O)nc(C(F)(F)F)c21. The van der Waals surface area contributed by atoms with Gasteiger partial charge in [0.1, 0.15) is 0 Å². The molecule has 1 aromatic heterocycles. The zero-order chi connectivity index (χ0) is 11.9. The molecule has 0 aliphatic heterocycles. The largest absolute Gasteiger partial charge is 0.433 e. The minimum Gasteiger partial charge on any atom is -0.313 e. The standard InChI is InChI=1S/C9H10F3N3O/c1-13-4-2-3-5-6(4)7(9(10,11)12)15-8(16)14-5/h4,13H,2-3H2,1H3,(H,14,15,16). The van der Waals surface area contributed by atoms with Gasteiger partial charge in [-0.3, -0.25) is 0 Å². The summed E-state index contributed by atoms with van der Waals surface area (Å²) in [5, 5.41) is 2.79. The fraction of sp³-hybridized carbons (Fsp3) is 0.556. The number of H-pyrrole nitrogens is 1. The van der Waals surface area contributed by atoms with Crippen molar-refractivity contribution in [3.8, 4) is 0 Å². The predicted octanol–water partition coefficient (Wildman–Crippen LogP) is 0.995. The van der Waals surface area contributed by atoms with Gasteiger partial charge in [0, 0.05) is 17.3 Å². The van der Waals surface area contributed by atoms with Gasteiger partial charge in [0.05, 0.1) is 0 Å². The van der Waals surface area contributed by atoms with Crippen molar-refractivity contribution < 1.29 is 13.2 Å². The Morgan fingerprint density at radius 1 is 1.50 bits per heavy atom. The first kappa shape index (κ1) is 11.1. The number of aryl methyl sites for hydroxylation is 1. The molecule has 4 nitrogen and oxygen atoms in total. The van der Waals surface area contributed by atoms with Crippen LogP contribution in [-0.4, -0.2) is 17.0 Å². The predicted molar refractivity (Wildman–Crippen MR) is 50.0 cm³/mol. The Morgan fingerprint density at radius 3 is 2.75 bits per heavy atom. The minimum absolute atomic E-state index is 0.0783. The summed E-state index contributed by atoms with van der Waals surface area (Å²) in [5.41, 5.74) is -1.59. The number of fused-ring (bicyclic) bond motifs is 1. The van der Waals surface area contributed by atoms with Crippen LogP contribution in [0.5, 0.6) is 0 Å². The van der Waals surface area contributed by atoms with Gasteiger partial charge in [-0.15, -0.1) is 0 Å². The van der Waals surface area contributed by atoms with Gasteiger partial charge in [-0.2, -0.15) is 18.2 Å². The van der Waals surface area contributed by atoms with Crippen LogP contribution >= 0.6 is 0 Å². The smallest absolute Gasteiger partial charge is 0.313 e. The fourth-order valence-electron chi connectivity index (χ4n) is 2.04. The van der Waals surface area contributed by atoms with Crippen LogP contribution in [0.4, 0.5) is 13.2 Å². The van der Waals surface area contributed by atoms with E-state index in [2.05, 4.69) is 15.3 Å². The lowest BCUT2D eigenvalue weighted by molar-refractivity contribution is -0.142. The van der Waals surface area contributed by atoms with Crippen LogP contribution in [0.3, 0.4) is 0 Å². The maximum absolute atomic E-state index is 12.7. The number of hydrogen-bond donors (Lipinski definition) is 2. The molecule has 1 aromatic rings. The molecule has 0 amide bonds. The van der Waals surface area contributed by atoms with Gasteiger partial charge in [0.25, 0.3) is 0 Å². The van der Waals surface area contributed by atoms with Gasteiger partial charge < -0.3 is 10.3 Å². The second-order valence-electron chi connectivity index (χ2n) is 3.66. The van der Waals surface area contributed by atoms with Crippen LogP contribution in [0, 0.1) is 0 Å². The highest BCUT2D eigenvalue weighted by molar-refractivity contribution is 5.34. The lowest BCUT2D eigenvalue weighted by Crippen LogP contribution is -2.25. The molecule has 2 rings (SSSR count). The van der Waals surface area contributed by atoms with Gasteiger partial charge >= 0.3 is 11.9 Å². The molecule has 88 valence electrons. The Bertz CT molecular complexity index is 466. The summed E-state index contributed by atoms with van der Waals surface area (Å²) in [6.07, 6.45) is -3.62. The summed E-state index contributed by atoms with van der Waals surface area (Å²) in [6, 6.07) is -0.393. The third kappa shape index (κ3) is 1.71. The molecule has 7 heteroatoms. The van der Waals surface area contributed by atoms with E-state index in [-0.39, 0.29) is 5.56 Å². The van der Waals surface area contributed by atoms with Crippen molar-refractivity contribution in [3.05, 3.63) is 27.4 Å². The molecule has 16 heavy (non-hydrogen) atoms. The van der Waals surface area contributed by atoms with Crippen LogP contribution < -0.4 is 11.0 Å². The van der Waals surface area contributed by atoms with Crippen LogP contribution in [0.25, 0.3) is 0 Å². The number of rotatable bonds is 1. The zero-order valence-corrected chi connectivity index (χ0v) is 8.48. The molecule has 0 aromatic carbocycles. The van der Waals surface area contributed by atoms with E-state index in [0.717, 1.165) is 0 Å². The van der Waals surface area contributed by atoms with Crippen molar-refractivity contribution in [1.29, 1.82) is 0 Å². The van der Waals surface area contributed by atoms with Crippen molar-refractivity contribution in [2.45, 2.75) is 25.1 Å². The first-order chi connectivity index (χ1) is 7.43. The molecule has 1 atom stereocenters. The topological polar surface area (TPSA) is 57.8 Å². The summed E-state index contributed by atoms with van der Waals surface area (Å²) in [4.78, 5) is 16.4. The molecule has 0 bridgehead atoms. The summed E-state index contributed by atoms with van der Waals surface area (Å²) < 4.78 is 38.1. The normalized spacial score (nSPS) is 19.9. The highest BCUT2D eigenvalue weighted by Crippen LogP contribution is 2.38. The second kappa shape index (κ2) is 3.58. The van der Waals surface area contributed by atoms with Crippen LogP contribution in [0.1, 0.15) is 29.4 Å². The van der Waals surface area contributed by atoms with Crippen LogP contribution in [-0.2, 0) is 12.6 Å². The Kier molecular flexibility index (Phi) is 2.49. The summed E-state index contributed by atoms with van der Waals surface area (Å²) >= 11 is 0. The first-order valence-corrected chi connectivity index (χ1v) is 4.81. The molecular formula is C9H10F3N3O. The summed E-state index contributed by atoms with van der Waals surface area (Å²) in [6.45, 7) is 0. The Morgan fingerprint density at radius 2 is 2.19 bits per heavy atom. The van der Waals surface area contributed by atoms with Crippen LogP contribution in [0.2, 0.25) is 0 Å². The highest BCUT2D eigenvalue weighted by Gasteiger charge is 2.40. The van der Waals surface area contributed by atoms with Gasteiger partial charge in [0.2, 0.25) is 0 Å². The average molecular weight is 233 g/mol. The Balaban J connectivity index is 2.65. The zero-order valence-electron chi connectivity index (χ0n) is 8.48. The fourth-order valence-corrected chi connectivity index (χ4v) is 2.04. The molecule has 1 aliphatic rings. The number of nitrogens with one attached hydrogen (secondary N) is 2. The second-order valence-corrected chi connectivity index (χ2v) is 3.66. The van der Waals surface area contributed by atoms with Crippen molar-refractivity contribution in [2.24, 2.45) is 0 Å². The van der Waals surface area contributed by atoms with Gasteiger partial charge in [-0.25, -0.2) is 4.79 Å². The molecule has 0 radical (unpaired) electrons. The van der Waals surface area contributed by atoms with Gasteiger partial charge in [-0.05, 0) is 19.9 Å². The number of halogens is 3. The number of alkyl halides is 3.